The topological polar surface area (TPSA) is 64.8 Å². The van der Waals surface area contributed by atoms with Gasteiger partial charge in [0.1, 0.15) is 11.5 Å². The Kier molecular flexibility index (Phi) is 5.74. The molecular weight excluding hydrogens is 292 g/mol. The summed E-state index contributed by atoms with van der Waals surface area (Å²) in [6, 6.07) is 3.62. The summed E-state index contributed by atoms with van der Waals surface area (Å²) >= 11 is 0. The van der Waals surface area contributed by atoms with Gasteiger partial charge < -0.3 is 20.1 Å². The van der Waals surface area contributed by atoms with Crippen molar-refractivity contribution in [1.82, 2.24) is 4.90 Å². The van der Waals surface area contributed by atoms with Crippen LogP contribution in [0.3, 0.4) is 0 Å². The molecule has 1 aliphatic rings. The molecule has 0 bridgehead atoms. The van der Waals surface area contributed by atoms with Crippen molar-refractivity contribution in [2.75, 3.05) is 33.0 Å². The van der Waals surface area contributed by atoms with E-state index in [2.05, 4.69) is 13.8 Å². The fourth-order valence-electron chi connectivity index (χ4n) is 3.45. The van der Waals surface area contributed by atoms with Crippen LogP contribution in [0.1, 0.15) is 32.3 Å². The van der Waals surface area contributed by atoms with E-state index in [-0.39, 0.29) is 5.91 Å². The van der Waals surface area contributed by atoms with Crippen LogP contribution >= 0.6 is 0 Å². The van der Waals surface area contributed by atoms with E-state index >= 15 is 0 Å². The lowest BCUT2D eigenvalue weighted by atomic mass is 9.91. The SMILES string of the molecule is COc1cc(OC)c(CCC(=O)N2CC(C)CC(C)C2)cc1N. The number of methoxy groups -OCH3 is 2. The molecule has 2 atom stereocenters. The standard InChI is InChI=1S/C18H28N2O3/c1-12-7-13(2)11-20(10-12)18(21)6-5-14-8-15(19)17(23-4)9-16(14)22-3/h8-9,12-13H,5-7,10-11,19H2,1-4H3. The molecule has 1 aromatic carbocycles. The van der Waals surface area contributed by atoms with Crippen molar-refractivity contribution in [2.45, 2.75) is 33.1 Å². The molecule has 0 radical (unpaired) electrons. The van der Waals surface area contributed by atoms with Crippen molar-refractivity contribution in [1.29, 1.82) is 0 Å². The molecule has 1 heterocycles. The van der Waals surface area contributed by atoms with E-state index < -0.39 is 0 Å². The van der Waals surface area contributed by atoms with Crippen LogP contribution in [0.15, 0.2) is 12.1 Å². The Morgan fingerprint density at radius 3 is 2.35 bits per heavy atom. The van der Waals surface area contributed by atoms with Crippen LogP contribution in [-0.2, 0) is 11.2 Å². The van der Waals surface area contributed by atoms with Crippen molar-refractivity contribution in [3.8, 4) is 11.5 Å². The minimum absolute atomic E-state index is 0.208. The minimum Gasteiger partial charge on any atom is -0.496 e. The van der Waals surface area contributed by atoms with E-state index in [4.69, 9.17) is 15.2 Å². The number of nitrogen functional groups attached to an aromatic ring is 1. The number of rotatable bonds is 5. The van der Waals surface area contributed by atoms with Gasteiger partial charge in [-0.15, -0.1) is 0 Å². The maximum absolute atomic E-state index is 12.5. The molecule has 2 N–H and O–H groups in total. The molecule has 2 rings (SSSR count). The molecule has 1 aromatic rings. The molecule has 0 saturated carbocycles. The zero-order valence-electron chi connectivity index (χ0n) is 14.6. The van der Waals surface area contributed by atoms with E-state index in [0.29, 0.717) is 41.9 Å². The molecule has 23 heavy (non-hydrogen) atoms. The first-order valence-electron chi connectivity index (χ1n) is 8.22. The number of anilines is 1. The second kappa shape index (κ2) is 7.57. The van der Waals surface area contributed by atoms with E-state index in [0.717, 1.165) is 18.7 Å². The van der Waals surface area contributed by atoms with E-state index in [1.165, 1.54) is 6.42 Å². The van der Waals surface area contributed by atoms with Crippen LogP contribution in [-0.4, -0.2) is 38.1 Å². The van der Waals surface area contributed by atoms with Crippen LogP contribution in [0, 0.1) is 11.8 Å². The predicted octanol–water partition coefficient (Wildman–Crippen LogP) is 2.72. The number of carbonyl (C=O) groups is 1. The Balaban J connectivity index is 2.02. The molecule has 2 unspecified atom stereocenters. The molecule has 0 spiro atoms. The number of likely N-dealkylation sites (tertiary alicyclic amines) is 1. The van der Waals surface area contributed by atoms with Crippen LogP contribution < -0.4 is 15.2 Å². The minimum atomic E-state index is 0.208. The Morgan fingerprint density at radius 1 is 1.17 bits per heavy atom. The summed E-state index contributed by atoms with van der Waals surface area (Å²) in [5.74, 6) is 2.67. The third kappa shape index (κ3) is 4.30. The number of hydrogen-bond donors (Lipinski definition) is 1. The smallest absolute Gasteiger partial charge is 0.222 e. The predicted molar refractivity (Wildman–Crippen MR) is 91.8 cm³/mol. The monoisotopic (exact) mass is 320 g/mol. The fourth-order valence-corrected chi connectivity index (χ4v) is 3.45. The number of hydrogen-bond acceptors (Lipinski definition) is 4. The highest BCUT2D eigenvalue weighted by molar-refractivity contribution is 5.77. The van der Waals surface area contributed by atoms with Gasteiger partial charge in [-0.25, -0.2) is 0 Å². The Morgan fingerprint density at radius 2 is 1.78 bits per heavy atom. The zero-order chi connectivity index (χ0) is 17.0. The highest BCUT2D eigenvalue weighted by atomic mass is 16.5. The normalized spacial score (nSPS) is 21.1. The summed E-state index contributed by atoms with van der Waals surface area (Å²) in [6.07, 6.45) is 2.30. The lowest BCUT2D eigenvalue weighted by Gasteiger charge is -2.35. The Bertz CT molecular complexity index is 549. The third-order valence-electron chi connectivity index (χ3n) is 4.46. The number of aryl methyl sites for hydroxylation is 1. The van der Waals surface area contributed by atoms with Gasteiger partial charge >= 0.3 is 0 Å². The lowest BCUT2D eigenvalue weighted by molar-refractivity contribution is -0.133. The number of nitrogens with two attached hydrogens (primary N) is 1. The number of benzene rings is 1. The average Bonchev–Trinajstić information content (AvgIpc) is 2.51. The van der Waals surface area contributed by atoms with Crippen LogP contribution in [0.4, 0.5) is 5.69 Å². The van der Waals surface area contributed by atoms with Crippen molar-refractivity contribution < 1.29 is 14.3 Å². The van der Waals surface area contributed by atoms with Gasteiger partial charge in [-0.05, 0) is 36.3 Å². The van der Waals surface area contributed by atoms with E-state index in [9.17, 15) is 4.79 Å². The van der Waals surface area contributed by atoms with Gasteiger partial charge in [0.05, 0.1) is 19.9 Å². The van der Waals surface area contributed by atoms with E-state index in [1.54, 1.807) is 20.3 Å². The van der Waals surface area contributed by atoms with Gasteiger partial charge in [0.15, 0.2) is 0 Å². The molecule has 0 aliphatic carbocycles. The van der Waals surface area contributed by atoms with Gasteiger partial charge in [0.2, 0.25) is 5.91 Å². The van der Waals surface area contributed by atoms with Crippen molar-refractivity contribution in [3.05, 3.63) is 17.7 Å². The second-order valence-corrected chi connectivity index (χ2v) is 6.65. The van der Waals surface area contributed by atoms with Crippen LogP contribution in [0.5, 0.6) is 11.5 Å². The number of ether oxygens (including phenoxy) is 2. The number of piperidine rings is 1. The van der Waals surface area contributed by atoms with Crippen molar-refractivity contribution in [2.24, 2.45) is 11.8 Å². The molecule has 0 aromatic heterocycles. The highest BCUT2D eigenvalue weighted by Crippen LogP contribution is 2.32. The molecule has 1 amide bonds. The first kappa shape index (κ1) is 17.4. The summed E-state index contributed by atoms with van der Waals surface area (Å²) in [5, 5.41) is 0. The molecule has 1 fully saturated rings. The maximum Gasteiger partial charge on any atom is 0.222 e. The largest absolute Gasteiger partial charge is 0.496 e. The van der Waals surface area contributed by atoms with Gasteiger partial charge in [-0.1, -0.05) is 13.8 Å². The molecule has 128 valence electrons. The number of nitrogens with zero attached hydrogens (tertiary/aromatic N) is 1. The summed E-state index contributed by atoms with van der Waals surface area (Å²) in [6.45, 7) is 6.16. The van der Waals surface area contributed by atoms with Crippen molar-refractivity contribution in [3.63, 3.8) is 0 Å². The first-order valence-corrected chi connectivity index (χ1v) is 8.22. The summed E-state index contributed by atoms with van der Waals surface area (Å²) in [4.78, 5) is 14.5. The Labute approximate surface area is 138 Å². The molecule has 5 heteroatoms. The van der Waals surface area contributed by atoms with Crippen molar-refractivity contribution >= 4 is 11.6 Å². The summed E-state index contributed by atoms with van der Waals surface area (Å²) in [7, 11) is 3.19. The number of amides is 1. The van der Waals surface area contributed by atoms with E-state index in [1.807, 2.05) is 11.0 Å². The maximum atomic E-state index is 12.5. The zero-order valence-corrected chi connectivity index (χ0v) is 14.6. The number of carbonyl (C=O) groups excluding carboxylic acids is 1. The van der Waals surface area contributed by atoms with Gasteiger partial charge in [-0.2, -0.15) is 0 Å². The first-order chi connectivity index (χ1) is 10.9. The van der Waals surface area contributed by atoms with Gasteiger partial charge in [-0.3, -0.25) is 4.79 Å². The molecule has 5 nitrogen and oxygen atoms in total. The summed E-state index contributed by atoms with van der Waals surface area (Å²) < 4.78 is 10.6. The highest BCUT2D eigenvalue weighted by Gasteiger charge is 2.25. The van der Waals surface area contributed by atoms with Crippen LogP contribution in [0.2, 0.25) is 0 Å². The second-order valence-electron chi connectivity index (χ2n) is 6.65. The average molecular weight is 320 g/mol. The van der Waals surface area contributed by atoms with Crippen LogP contribution in [0.25, 0.3) is 0 Å². The molecular formula is C18H28N2O3. The van der Waals surface area contributed by atoms with Gasteiger partial charge in [0, 0.05) is 25.6 Å². The Hall–Kier alpha value is -1.91. The third-order valence-corrected chi connectivity index (χ3v) is 4.46. The lowest BCUT2D eigenvalue weighted by Crippen LogP contribution is -2.42. The molecule has 1 saturated heterocycles. The quantitative estimate of drug-likeness (QED) is 0.847. The molecule has 1 aliphatic heterocycles. The van der Waals surface area contributed by atoms with Gasteiger partial charge in [0.25, 0.3) is 0 Å². The summed E-state index contributed by atoms with van der Waals surface area (Å²) in [5.41, 5.74) is 7.47. The fraction of sp³-hybridized carbons (Fsp3) is 0.611.